The number of aromatic nitrogens is 1. The van der Waals surface area contributed by atoms with Crippen LogP contribution in [-0.4, -0.2) is 28.2 Å². The number of benzene rings is 1. The first-order valence-electron chi connectivity index (χ1n) is 5.70. The molecule has 2 aromatic rings. The molecule has 5 heteroatoms. The topological polar surface area (TPSA) is 53.2 Å². The lowest BCUT2D eigenvalue weighted by atomic mass is 10.0. The third kappa shape index (κ3) is 1.58. The van der Waals surface area contributed by atoms with E-state index in [1.54, 1.807) is 0 Å². The highest BCUT2D eigenvalue weighted by molar-refractivity contribution is 9.10. The molecule has 0 saturated carbocycles. The van der Waals surface area contributed by atoms with E-state index >= 15 is 0 Å². The minimum absolute atomic E-state index is 0.203. The van der Waals surface area contributed by atoms with E-state index in [0.717, 1.165) is 20.9 Å². The molecule has 2 heterocycles. The van der Waals surface area contributed by atoms with Gasteiger partial charge < -0.3 is 4.98 Å². The number of hydrogen-bond acceptors (Lipinski definition) is 2. The van der Waals surface area contributed by atoms with Gasteiger partial charge in [0, 0.05) is 28.8 Å². The Bertz CT molecular complexity index is 675. The van der Waals surface area contributed by atoms with Crippen LogP contribution < -0.4 is 0 Å². The van der Waals surface area contributed by atoms with Gasteiger partial charge in [-0.1, -0.05) is 15.9 Å². The van der Waals surface area contributed by atoms with Gasteiger partial charge in [-0.15, -0.1) is 0 Å². The maximum atomic E-state index is 12.2. The van der Waals surface area contributed by atoms with Crippen molar-refractivity contribution in [2.45, 2.75) is 13.3 Å². The van der Waals surface area contributed by atoms with Crippen LogP contribution >= 0.6 is 15.9 Å². The molecule has 0 spiro atoms. The van der Waals surface area contributed by atoms with Crippen molar-refractivity contribution in [2.75, 3.05) is 6.54 Å². The lowest BCUT2D eigenvalue weighted by Gasteiger charge is -2.23. The van der Waals surface area contributed by atoms with E-state index in [1.807, 2.05) is 18.2 Å². The summed E-state index contributed by atoms with van der Waals surface area (Å²) in [5.74, 6) is -0.429. The van der Waals surface area contributed by atoms with Gasteiger partial charge in [0.1, 0.15) is 5.69 Å². The fourth-order valence-corrected chi connectivity index (χ4v) is 2.78. The Balaban J connectivity index is 2.20. The molecule has 1 aromatic carbocycles. The van der Waals surface area contributed by atoms with E-state index in [1.165, 1.54) is 11.8 Å². The maximum Gasteiger partial charge on any atom is 0.277 e. The van der Waals surface area contributed by atoms with Crippen LogP contribution in [-0.2, 0) is 11.2 Å². The molecule has 0 fully saturated rings. The number of aromatic amines is 1. The summed E-state index contributed by atoms with van der Waals surface area (Å²) in [5.41, 5.74) is 2.49. The third-order valence-corrected chi connectivity index (χ3v) is 3.79. The lowest BCUT2D eigenvalue weighted by molar-refractivity contribution is -0.126. The molecule has 1 aliphatic heterocycles. The zero-order valence-electron chi connectivity index (χ0n) is 9.79. The average Bonchev–Trinajstić information content (AvgIpc) is 2.68. The van der Waals surface area contributed by atoms with Crippen molar-refractivity contribution in [3.8, 4) is 0 Å². The summed E-state index contributed by atoms with van der Waals surface area (Å²) < 4.78 is 0.984. The van der Waals surface area contributed by atoms with Gasteiger partial charge in [0.25, 0.3) is 5.91 Å². The van der Waals surface area contributed by atoms with Crippen molar-refractivity contribution in [3.05, 3.63) is 33.9 Å². The van der Waals surface area contributed by atoms with Crippen LogP contribution in [0.15, 0.2) is 22.7 Å². The largest absolute Gasteiger partial charge is 0.350 e. The number of carbonyl (C=O) groups excluding carboxylic acids is 2. The van der Waals surface area contributed by atoms with Gasteiger partial charge >= 0.3 is 0 Å². The molecule has 2 amide bonds. The van der Waals surface area contributed by atoms with E-state index in [0.29, 0.717) is 18.7 Å². The van der Waals surface area contributed by atoms with Gasteiger partial charge in [0.15, 0.2) is 0 Å². The highest BCUT2D eigenvalue weighted by Crippen LogP contribution is 2.29. The number of halogens is 1. The predicted molar refractivity (Wildman–Crippen MR) is 71.4 cm³/mol. The first kappa shape index (κ1) is 11.5. The van der Waals surface area contributed by atoms with Crippen molar-refractivity contribution < 1.29 is 9.59 Å². The second-order valence-electron chi connectivity index (χ2n) is 4.39. The van der Waals surface area contributed by atoms with Crippen molar-refractivity contribution in [1.29, 1.82) is 0 Å². The SMILES string of the molecule is CC(=O)N1CCc2c([nH]c3ccc(Br)cc23)C1=O. The van der Waals surface area contributed by atoms with Gasteiger partial charge in [-0.3, -0.25) is 14.5 Å². The molecule has 0 bridgehead atoms. The minimum atomic E-state index is -0.226. The Kier molecular flexibility index (Phi) is 2.52. The van der Waals surface area contributed by atoms with E-state index in [-0.39, 0.29) is 11.8 Å². The number of amides is 2. The molecular formula is C13H11BrN2O2. The number of imide groups is 1. The maximum absolute atomic E-state index is 12.2. The molecule has 0 radical (unpaired) electrons. The Labute approximate surface area is 112 Å². The molecule has 1 N–H and O–H groups in total. The van der Waals surface area contributed by atoms with Crippen LogP contribution in [0, 0.1) is 0 Å². The summed E-state index contributed by atoms with van der Waals surface area (Å²) in [5, 5.41) is 1.05. The molecular weight excluding hydrogens is 296 g/mol. The number of nitrogens with zero attached hydrogens (tertiary/aromatic N) is 1. The van der Waals surface area contributed by atoms with E-state index in [4.69, 9.17) is 0 Å². The van der Waals surface area contributed by atoms with Crippen LogP contribution in [0.1, 0.15) is 23.0 Å². The van der Waals surface area contributed by atoms with E-state index in [2.05, 4.69) is 20.9 Å². The zero-order valence-corrected chi connectivity index (χ0v) is 11.4. The Morgan fingerprint density at radius 1 is 1.44 bits per heavy atom. The van der Waals surface area contributed by atoms with Gasteiger partial charge in [-0.25, -0.2) is 0 Å². The number of fused-ring (bicyclic) bond motifs is 3. The normalized spacial score (nSPS) is 15.0. The van der Waals surface area contributed by atoms with Gasteiger partial charge in [0.2, 0.25) is 5.91 Å². The van der Waals surface area contributed by atoms with Gasteiger partial charge in [-0.05, 0) is 30.2 Å². The lowest BCUT2D eigenvalue weighted by Crippen LogP contribution is -2.40. The highest BCUT2D eigenvalue weighted by Gasteiger charge is 2.29. The van der Waals surface area contributed by atoms with Crippen LogP contribution in [0.5, 0.6) is 0 Å². The van der Waals surface area contributed by atoms with Crippen LogP contribution in [0.25, 0.3) is 10.9 Å². The van der Waals surface area contributed by atoms with E-state index in [9.17, 15) is 9.59 Å². The fraction of sp³-hybridized carbons (Fsp3) is 0.231. The first-order valence-corrected chi connectivity index (χ1v) is 6.50. The average molecular weight is 307 g/mol. The Hall–Kier alpha value is -1.62. The first-order chi connectivity index (χ1) is 8.58. The molecule has 0 atom stereocenters. The smallest absolute Gasteiger partial charge is 0.277 e. The van der Waals surface area contributed by atoms with E-state index < -0.39 is 0 Å². The van der Waals surface area contributed by atoms with Crippen LogP contribution in [0.3, 0.4) is 0 Å². The van der Waals surface area contributed by atoms with Crippen molar-refractivity contribution in [1.82, 2.24) is 9.88 Å². The molecule has 92 valence electrons. The van der Waals surface area contributed by atoms with Crippen LogP contribution in [0.2, 0.25) is 0 Å². The number of carbonyl (C=O) groups is 2. The highest BCUT2D eigenvalue weighted by atomic mass is 79.9. The summed E-state index contributed by atoms with van der Waals surface area (Å²) in [6, 6.07) is 5.86. The summed E-state index contributed by atoms with van der Waals surface area (Å²) >= 11 is 3.43. The Morgan fingerprint density at radius 3 is 2.94 bits per heavy atom. The minimum Gasteiger partial charge on any atom is -0.350 e. The summed E-state index contributed by atoms with van der Waals surface area (Å²) in [7, 11) is 0. The summed E-state index contributed by atoms with van der Waals surface area (Å²) in [6.07, 6.45) is 0.705. The Morgan fingerprint density at radius 2 is 2.22 bits per heavy atom. The number of hydrogen-bond donors (Lipinski definition) is 1. The number of H-pyrrole nitrogens is 1. The van der Waals surface area contributed by atoms with Crippen molar-refractivity contribution in [3.63, 3.8) is 0 Å². The monoisotopic (exact) mass is 306 g/mol. The van der Waals surface area contributed by atoms with Crippen molar-refractivity contribution >= 4 is 38.6 Å². The number of nitrogens with one attached hydrogen (secondary N) is 1. The molecule has 1 aliphatic rings. The van der Waals surface area contributed by atoms with Gasteiger partial charge in [0.05, 0.1) is 0 Å². The quantitative estimate of drug-likeness (QED) is 0.813. The third-order valence-electron chi connectivity index (χ3n) is 3.29. The molecule has 0 aliphatic carbocycles. The molecule has 18 heavy (non-hydrogen) atoms. The summed E-state index contributed by atoms with van der Waals surface area (Å²) in [4.78, 5) is 27.9. The van der Waals surface area contributed by atoms with Crippen molar-refractivity contribution in [2.24, 2.45) is 0 Å². The molecule has 3 rings (SSSR count). The fourth-order valence-electron chi connectivity index (χ4n) is 2.42. The second kappa shape index (κ2) is 3.95. The molecule has 0 saturated heterocycles. The second-order valence-corrected chi connectivity index (χ2v) is 5.31. The predicted octanol–water partition coefficient (Wildman–Crippen LogP) is 2.48. The molecule has 1 aromatic heterocycles. The van der Waals surface area contributed by atoms with Crippen LogP contribution in [0.4, 0.5) is 0 Å². The standard InChI is InChI=1S/C13H11BrN2O2/c1-7(17)16-5-4-9-10-6-8(14)2-3-11(10)15-12(9)13(16)18/h2-3,6,15H,4-5H2,1H3. The van der Waals surface area contributed by atoms with Gasteiger partial charge in [-0.2, -0.15) is 0 Å². The molecule has 4 nitrogen and oxygen atoms in total. The zero-order chi connectivity index (χ0) is 12.9. The molecule has 0 unspecified atom stereocenters. The number of rotatable bonds is 0. The summed E-state index contributed by atoms with van der Waals surface area (Å²) in [6.45, 7) is 1.88.